The summed E-state index contributed by atoms with van der Waals surface area (Å²) in [6.07, 6.45) is -1.19. The van der Waals surface area contributed by atoms with Gasteiger partial charge in [-0.2, -0.15) is 0 Å². The number of rotatable bonds is 4. The number of piperidine rings is 1. The van der Waals surface area contributed by atoms with Gasteiger partial charge in [0.2, 0.25) is 5.91 Å². The molecule has 3 aliphatic rings. The molecule has 0 spiro atoms. The van der Waals surface area contributed by atoms with E-state index in [4.69, 9.17) is 16.0 Å². The van der Waals surface area contributed by atoms with Crippen molar-refractivity contribution in [2.45, 2.75) is 44.9 Å². The summed E-state index contributed by atoms with van der Waals surface area (Å²) in [4.78, 5) is 42.9. The van der Waals surface area contributed by atoms with Gasteiger partial charge in [-0.05, 0) is 45.0 Å². The number of nitrogens with zero attached hydrogens (tertiary/aromatic N) is 3. The Balaban J connectivity index is 1.41. The highest BCUT2D eigenvalue weighted by Crippen LogP contribution is 2.64. The molecule has 0 radical (unpaired) electrons. The van der Waals surface area contributed by atoms with Gasteiger partial charge in [0.05, 0.1) is 24.9 Å². The van der Waals surface area contributed by atoms with Crippen LogP contribution in [0.25, 0.3) is 4.85 Å². The van der Waals surface area contributed by atoms with E-state index in [-0.39, 0.29) is 30.4 Å². The van der Waals surface area contributed by atoms with Crippen LogP contribution in [0.5, 0.6) is 0 Å². The lowest BCUT2D eigenvalue weighted by Gasteiger charge is -2.26. The van der Waals surface area contributed by atoms with Crippen LogP contribution in [0, 0.1) is 18.4 Å². The molecule has 9 heteroatoms. The van der Waals surface area contributed by atoms with Gasteiger partial charge < -0.3 is 24.5 Å². The van der Waals surface area contributed by atoms with E-state index in [1.807, 2.05) is 45.0 Å². The first-order valence-electron chi connectivity index (χ1n) is 10.7. The van der Waals surface area contributed by atoms with E-state index in [9.17, 15) is 14.4 Å². The van der Waals surface area contributed by atoms with Crippen molar-refractivity contribution in [3.05, 3.63) is 41.2 Å². The van der Waals surface area contributed by atoms with Crippen molar-refractivity contribution in [3.8, 4) is 0 Å². The number of cyclic esters (lactones) is 1. The monoisotopic (exact) mass is 440 g/mol. The molecule has 170 valence electrons. The van der Waals surface area contributed by atoms with Gasteiger partial charge in [-0.1, -0.05) is 0 Å². The zero-order valence-corrected chi connectivity index (χ0v) is 18.8. The van der Waals surface area contributed by atoms with E-state index < -0.39 is 23.3 Å². The lowest BCUT2D eigenvalue weighted by Crippen LogP contribution is -2.38. The molecule has 3 fully saturated rings. The maximum Gasteiger partial charge on any atom is 0.414 e. The van der Waals surface area contributed by atoms with Crippen molar-refractivity contribution in [1.29, 1.82) is 0 Å². The zero-order valence-electron chi connectivity index (χ0n) is 18.8. The maximum atomic E-state index is 12.3. The highest BCUT2D eigenvalue weighted by molar-refractivity contribution is 5.89. The molecule has 4 rings (SSSR count). The summed E-state index contributed by atoms with van der Waals surface area (Å²) in [5, 5.41) is 2.66. The number of hydrogen-bond acceptors (Lipinski definition) is 5. The minimum absolute atomic E-state index is 0.0807. The molecule has 1 aromatic rings. The van der Waals surface area contributed by atoms with Crippen LogP contribution in [-0.4, -0.2) is 60.9 Å². The molecule has 1 aliphatic carbocycles. The van der Waals surface area contributed by atoms with Gasteiger partial charge in [0.1, 0.15) is 11.7 Å². The number of carbonyl (C=O) groups is 3. The Morgan fingerprint density at radius 2 is 1.84 bits per heavy atom. The van der Waals surface area contributed by atoms with E-state index in [0.29, 0.717) is 25.3 Å². The van der Waals surface area contributed by atoms with Crippen molar-refractivity contribution in [3.63, 3.8) is 0 Å². The fourth-order valence-electron chi connectivity index (χ4n) is 4.74. The highest BCUT2D eigenvalue weighted by atomic mass is 16.6. The Kier molecular flexibility index (Phi) is 5.27. The third-order valence-corrected chi connectivity index (χ3v) is 6.27. The Morgan fingerprint density at radius 3 is 2.38 bits per heavy atom. The summed E-state index contributed by atoms with van der Waals surface area (Å²) in [5.41, 5.74) is 0.410. The SMILES string of the molecule is [C-]#[N+]C1(c2ccc(N3C[C@H](CNC(C)=O)OC3=O)cc2)[C@@H]2CN(C(=O)OC(C)(C)C)C[C@@H]21. The smallest absolute Gasteiger partial charge is 0.414 e. The number of amides is 3. The van der Waals surface area contributed by atoms with E-state index in [0.717, 1.165) is 5.56 Å². The molecule has 4 atom stereocenters. The molecular formula is C23H28N4O5. The number of ether oxygens (including phenoxy) is 2. The van der Waals surface area contributed by atoms with Crippen LogP contribution in [0.2, 0.25) is 0 Å². The predicted molar refractivity (Wildman–Crippen MR) is 116 cm³/mol. The summed E-state index contributed by atoms with van der Waals surface area (Å²) in [6, 6.07) is 7.42. The van der Waals surface area contributed by atoms with Gasteiger partial charge in [-0.3, -0.25) is 9.69 Å². The predicted octanol–water partition coefficient (Wildman–Crippen LogP) is 2.76. The summed E-state index contributed by atoms with van der Waals surface area (Å²) in [5.74, 6) is -0.0113. The van der Waals surface area contributed by atoms with Crippen LogP contribution >= 0.6 is 0 Å². The second kappa shape index (κ2) is 7.69. The van der Waals surface area contributed by atoms with E-state index in [1.54, 1.807) is 4.90 Å². The normalized spacial score (nSPS) is 28.6. The highest BCUT2D eigenvalue weighted by Gasteiger charge is 2.77. The summed E-state index contributed by atoms with van der Waals surface area (Å²) in [6.45, 7) is 16.4. The molecular weight excluding hydrogens is 412 g/mol. The third kappa shape index (κ3) is 3.85. The minimum Gasteiger partial charge on any atom is -0.444 e. The molecule has 0 bridgehead atoms. The quantitative estimate of drug-likeness (QED) is 0.727. The fraction of sp³-hybridized carbons (Fsp3) is 0.565. The van der Waals surface area contributed by atoms with Crippen molar-refractivity contribution in [2.75, 3.05) is 31.1 Å². The second-order valence-corrected chi connectivity index (χ2v) is 9.64. The van der Waals surface area contributed by atoms with E-state index >= 15 is 0 Å². The average molecular weight is 441 g/mol. The molecule has 1 unspecified atom stereocenters. The van der Waals surface area contributed by atoms with Crippen LogP contribution in [0.3, 0.4) is 0 Å². The number of benzene rings is 1. The molecule has 0 aromatic heterocycles. The summed E-state index contributed by atoms with van der Waals surface area (Å²) < 4.78 is 10.8. The van der Waals surface area contributed by atoms with Crippen molar-refractivity contribution >= 4 is 23.8 Å². The number of hydrogen-bond donors (Lipinski definition) is 1. The maximum absolute atomic E-state index is 12.3. The van der Waals surface area contributed by atoms with Gasteiger partial charge >= 0.3 is 12.2 Å². The van der Waals surface area contributed by atoms with Crippen LogP contribution in [0.1, 0.15) is 33.3 Å². The number of carbonyl (C=O) groups excluding carboxylic acids is 3. The zero-order chi connectivity index (χ0) is 23.3. The molecule has 1 aromatic carbocycles. The topological polar surface area (TPSA) is 92.5 Å². The lowest BCUT2D eigenvalue weighted by atomic mass is 9.99. The third-order valence-electron chi connectivity index (χ3n) is 6.27. The summed E-state index contributed by atoms with van der Waals surface area (Å²) in [7, 11) is 0. The van der Waals surface area contributed by atoms with Gasteiger partial charge in [0.15, 0.2) is 0 Å². The standard InChI is InChI=1S/C23H28N4O5/c1-14(28)25-10-17-11-27(21(30)31-17)16-8-6-15(7-9-16)23(24-5)18-12-26(13-19(18)23)20(29)32-22(2,3)4/h6-9,17-19H,10-13H2,1-4H3,(H,25,28)/t17-,18-,19+,23?/m0/s1. The molecule has 3 amide bonds. The first kappa shape index (κ1) is 21.9. The van der Waals surface area contributed by atoms with Crippen LogP contribution in [0.15, 0.2) is 24.3 Å². The first-order valence-corrected chi connectivity index (χ1v) is 10.7. The van der Waals surface area contributed by atoms with E-state index in [1.165, 1.54) is 11.8 Å². The van der Waals surface area contributed by atoms with Crippen LogP contribution in [-0.2, 0) is 19.8 Å². The Hall–Kier alpha value is -3.28. The number of fused-ring (bicyclic) bond motifs is 1. The van der Waals surface area contributed by atoms with Crippen molar-refractivity contribution < 1.29 is 23.9 Å². The number of nitrogens with one attached hydrogen (secondary N) is 1. The summed E-state index contributed by atoms with van der Waals surface area (Å²) >= 11 is 0. The lowest BCUT2D eigenvalue weighted by molar-refractivity contribution is -0.119. The molecule has 9 nitrogen and oxygen atoms in total. The first-order chi connectivity index (χ1) is 15.0. The van der Waals surface area contributed by atoms with Crippen molar-refractivity contribution in [1.82, 2.24) is 10.2 Å². The largest absolute Gasteiger partial charge is 0.444 e. The molecule has 2 aliphatic heterocycles. The minimum atomic E-state index is -0.628. The molecule has 1 saturated carbocycles. The van der Waals surface area contributed by atoms with Gasteiger partial charge in [-0.25, -0.2) is 16.2 Å². The Labute approximate surface area is 187 Å². The van der Waals surface area contributed by atoms with Crippen LogP contribution in [0.4, 0.5) is 15.3 Å². The molecule has 2 saturated heterocycles. The number of likely N-dealkylation sites (tertiary alicyclic amines) is 1. The van der Waals surface area contributed by atoms with Crippen LogP contribution < -0.4 is 10.2 Å². The van der Waals surface area contributed by atoms with Gasteiger partial charge in [0.25, 0.3) is 5.54 Å². The molecule has 2 heterocycles. The van der Waals surface area contributed by atoms with Crippen molar-refractivity contribution in [2.24, 2.45) is 11.8 Å². The van der Waals surface area contributed by atoms with Gasteiger partial charge in [0, 0.05) is 31.3 Å². The second-order valence-electron chi connectivity index (χ2n) is 9.64. The average Bonchev–Trinajstić information content (AvgIpc) is 3.02. The molecule has 32 heavy (non-hydrogen) atoms. The Bertz CT molecular complexity index is 966. The fourth-order valence-corrected chi connectivity index (χ4v) is 4.74. The van der Waals surface area contributed by atoms with E-state index in [2.05, 4.69) is 10.2 Å². The molecule has 1 N–H and O–H groups in total. The van der Waals surface area contributed by atoms with Gasteiger partial charge in [-0.15, -0.1) is 0 Å². The number of anilines is 1. The Morgan fingerprint density at radius 1 is 1.22 bits per heavy atom.